The Balaban J connectivity index is 1.72. The van der Waals surface area contributed by atoms with Gasteiger partial charge in [-0.3, -0.25) is 0 Å². The maximum Gasteiger partial charge on any atom is 0.0136 e. The highest BCUT2D eigenvalue weighted by Crippen LogP contribution is 2.50. The lowest BCUT2D eigenvalue weighted by atomic mass is 9.68. The maximum absolute atomic E-state index is 3.16. The number of allylic oxidation sites excluding steroid dienone is 6. The van der Waals surface area contributed by atoms with E-state index < -0.39 is 0 Å². The summed E-state index contributed by atoms with van der Waals surface area (Å²) in [6.45, 7) is 0. The molecule has 3 aliphatic rings. The summed E-state index contributed by atoms with van der Waals surface area (Å²) in [5, 5.41) is 0. The van der Waals surface area contributed by atoms with Gasteiger partial charge in [0.05, 0.1) is 0 Å². The first kappa shape index (κ1) is 14.0. The second-order valence-electron chi connectivity index (χ2n) is 7.08. The van der Waals surface area contributed by atoms with E-state index in [0.717, 1.165) is 12.8 Å². The molecule has 0 nitrogen and oxygen atoms in total. The molecule has 0 fully saturated rings. The van der Waals surface area contributed by atoms with Crippen molar-refractivity contribution in [3.8, 4) is 0 Å². The molecule has 2 aromatic rings. The Morgan fingerprint density at radius 2 is 1.79 bits per heavy atom. The molecule has 24 heavy (non-hydrogen) atoms. The first-order valence-corrected chi connectivity index (χ1v) is 9.09. The predicted octanol–water partition coefficient (Wildman–Crippen LogP) is 6.22. The smallest absolute Gasteiger partial charge is 0.0136 e. The fourth-order valence-electron chi connectivity index (χ4n) is 4.68. The van der Waals surface area contributed by atoms with E-state index in [2.05, 4.69) is 54.6 Å². The second-order valence-corrected chi connectivity index (χ2v) is 7.08. The molecule has 0 spiro atoms. The van der Waals surface area contributed by atoms with Crippen LogP contribution in [0.15, 0.2) is 77.4 Å². The number of benzene rings is 2. The van der Waals surface area contributed by atoms with Gasteiger partial charge in [-0.05, 0) is 77.2 Å². The van der Waals surface area contributed by atoms with Crippen molar-refractivity contribution >= 4 is 5.57 Å². The van der Waals surface area contributed by atoms with Gasteiger partial charge in [-0.2, -0.15) is 0 Å². The van der Waals surface area contributed by atoms with Crippen molar-refractivity contribution in [2.75, 3.05) is 0 Å². The van der Waals surface area contributed by atoms with Crippen LogP contribution in [0.3, 0.4) is 0 Å². The molecule has 3 aliphatic carbocycles. The van der Waals surface area contributed by atoms with Crippen molar-refractivity contribution in [1.82, 2.24) is 0 Å². The van der Waals surface area contributed by atoms with Gasteiger partial charge in [0.2, 0.25) is 0 Å². The zero-order valence-corrected chi connectivity index (χ0v) is 13.9. The average Bonchev–Trinajstić information content (AvgIpc) is 2.67. The van der Waals surface area contributed by atoms with Crippen LogP contribution < -0.4 is 0 Å². The molecule has 0 bridgehead atoms. The molecule has 2 aromatic carbocycles. The summed E-state index contributed by atoms with van der Waals surface area (Å²) >= 11 is 0. The van der Waals surface area contributed by atoms with Crippen LogP contribution in [-0.4, -0.2) is 0 Å². The standard InChI is InChI=1S/C24H21/c1-2-8-17(9-3-1)23-16-24-19-11-5-4-10-18(19)14-15-22(24)20-12-6-7-13-21(20)23/h2-3,6-10,12-13,15,23H,4-5,11,14,16H2. The minimum atomic E-state index is 0.469. The lowest BCUT2D eigenvalue weighted by Gasteiger charge is -2.35. The topological polar surface area (TPSA) is 0 Å². The van der Waals surface area contributed by atoms with Crippen LogP contribution in [0.2, 0.25) is 0 Å². The molecule has 1 radical (unpaired) electrons. The Morgan fingerprint density at radius 1 is 0.917 bits per heavy atom. The highest BCUT2D eigenvalue weighted by atomic mass is 14.4. The van der Waals surface area contributed by atoms with Crippen LogP contribution >= 0.6 is 0 Å². The van der Waals surface area contributed by atoms with Crippen LogP contribution in [0.4, 0.5) is 0 Å². The van der Waals surface area contributed by atoms with Crippen LogP contribution in [0, 0.1) is 6.07 Å². The van der Waals surface area contributed by atoms with Crippen molar-refractivity contribution in [3.63, 3.8) is 0 Å². The quantitative estimate of drug-likeness (QED) is 0.587. The van der Waals surface area contributed by atoms with E-state index in [1.165, 1.54) is 41.5 Å². The van der Waals surface area contributed by atoms with Gasteiger partial charge in [-0.1, -0.05) is 60.7 Å². The molecule has 1 unspecified atom stereocenters. The molecule has 5 rings (SSSR count). The summed E-state index contributed by atoms with van der Waals surface area (Å²) in [6, 6.07) is 20.8. The minimum Gasteiger partial charge on any atom is -0.0807 e. The molecular formula is C24H21. The largest absolute Gasteiger partial charge is 0.0807 e. The summed E-state index contributed by atoms with van der Waals surface area (Å²) in [6.07, 6.45) is 11.0. The summed E-state index contributed by atoms with van der Waals surface area (Å²) in [4.78, 5) is 0. The van der Waals surface area contributed by atoms with Gasteiger partial charge < -0.3 is 0 Å². The minimum absolute atomic E-state index is 0.469. The lowest BCUT2D eigenvalue weighted by molar-refractivity contribution is 0.738. The third kappa shape index (κ3) is 2.13. The predicted molar refractivity (Wildman–Crippen MR) is 99.7 cm³/mol. The SMILES string of the molecule is [c]1ccc(C2CC3=C4CCCC=C4CC=C3c3ccccc32)cc1. The normalized spacial score (nSPS) is 22.1. The maximum atomic E-state index is 3.16. The molecule has 0 heterocycles. The zero-order valence-electron chi connectivity index (χ0n) is 13.9. The monoisotopic (exact) mass is 309 g/mol. The molecule has 0 amide bonds. The Kier molecular flexibility index (Phi) is 3.29. The summed E-state index contributed by atoms with van der Waals surface area (Å²) in [5.41, 5.74) is 10.7. The molecule has 0 aliphatic heterocycles. The molecule has 0 saturated carbocycles. The van der Waals surface area contributed by atoms with Crippen LogP contribution in [-0.2, 0) is 0 Å². The van der Waals surface area contributed by atoms with Crippen molar-refractivity contribution < 1.29 is 0 Å². The van der Waals surface area contributed by atoms with E-state index in [1.807, 2.05) is 12.1 Å². The molecule has 0 heteroatoms. The zero-order chi connectivity index (χ0) is 15.9. The van der Waals surface area contributed by atoms with Crippen molar-refractivity contribution in [2.24, 2.45) is 0 Å². The van der Waals surface area contributed by atoms with E-state index in [1.54, 1.807) is 16.7 Å². The van der Waals surface area contributed by atoms with Gasteiger partial charge in [0.1, 0.15) is 0 Å². The first-order chi connectivity index (χ1) is 11.9. The number of hydrogen-bond acceptors (Lipinski definition) is 0. The Hall–Kier alpha value is -2.34. The Morgan fingerprint density at radius 3 is 2.71 bits per heavy atom. The van der Waals surface area contributed by atoms with Crippen LogP contribution in [0.25, 0.3) is 5.57 Å². The number of fused-ring (bicyclic) bond motifs is 4. The van der Waals surface area contributed by atoms with E-state index in [-0.39, 0.29) is 0 Å². The second kappa shape index (κ2) is 5.63. The van der Waals surface area contributed by atoms with E-state index in [9.17, 15) is 0 Å². The first-order valence-electron chi connectivity index (χ1n) is 9.09. The third-order valence-electron chi connectivity index (χ3n) is 5.81. The van der Waals surface area contributed by atoms with Crippen molar-refractivity contribution in [2.45, 2.75) is 38.0 Å². The van der Waals surface area contributed by atoms with E-state index in [0.29, 0.717) is 5.92 Å². The molecule has 0 aromatic heterocycles. The van der Waals surface area contributed by atoms with E-state index in [4.69, 9.17) is 0 Å². The highest BCUT2D eigenvalue weighted by Gasteiger charge is 2.32. The fraction of sp³-hybridized carbons (Fsp3) is 0.250. The average molecular weight is 309 g/mol. The third-order valence-corrected chi connectivity index (χ3v) is 5.81. The highest BCUT2D eigenvalue weighted by molar-refractivity contribution is 5.87. The van der Waals surface area contributed by atoms with Gasteiger partial charge in [-0.15, -0.1) is 0 Å². The van der Waals surface area contributed by atoms with Gasteiger partial charge in [0.15, 0.2) is 0 Å². The molecule has 1 atom stereocenters. The Labute approximate surface area is 144 Å². The molecular weight excluding hydrogens is 288 g/mol. The van der Waals surface area contributed by atoms with Crippen LogP contribution in [0.5, 0.6) is 0 Å². The summed E-state index contributed by atoms with van der Waals surface area (Å²) < 4.78 is 0. The van der Waals surface area contributed by atoms with Gasteiger partial charge in [-0.25, -0.2) is 0 Å². The van der Waals surface area contributed by atoms with E-state index >= 15 is 0 Å². The fourth-order valence-corrected chi connectivity index (χ4v) is 4.68. The van der Waals surface area contributed by atoms with Crippen molar-refractivity contribution in [3.05, 3.63) is 100 Å². The Bertz CT molecular complexity index is 877. The van der Waals surface area contributed by atoms with Gasteiger partial charge in [0, 0.05) is 5.92 Å². The molecule has 117 valence electrons. The molecule has 0 saturated heterocycles. The number of rotatable bonds is 1. The lowest BCUT2D eigenvalue weighted by Crippen LogP contribution is -2.17. The summed E-state index contributed by atoms with van der Waals surface area (Å²) in [7, 11) is 0. The van der Waals surface area contributed by atoms with Gasteiger partial charge >= 0.3 is 0 Å². The molecule has 0 N–H and O–H groups in total. The summed E-state index contributed by atoms with van der Waals surface area (Å²) in [5.74, 6) is 0.469. The number of hydrogen-bond donors (Lipinski definition) is 0. The van der Waals surface area contributed by atoms with Gasteiger partial charge in [0.25, 0.3) is 0 Å². The van der Waals surface area contributed by atoms with Crippen LogP contribution in [0.1, 0.15) is 54.7 Å². The van der Waals surface area contributed by atoms with Crippen molar-refractivity contribution in [1.29, 1.82) is 0 Å².